The number of rotatable bonds is 3. The Morgan fingerprint density at radius 3 is 2.88 bits per heavy atom. The zero-order chi connectivity index (χ0) is 12.4. The van der Waals surface area contributed by atoms with Crippen LogP contribution in [0.15, 0.2) is 12.1 Å². The van der Waals surface area contributed by atoms with Gasteiger partial charge in [0.15, 0.2) is 0 Å². The Morgan fingerprint density at radius 1 is 1.47 bits per heavy atom. The van der Waals surface area contributed by atoms with Crippen molar-refractivity contribution in [2.75, 3.05) is 37.8 Å². The zero-order valence-corrected chi connectivity index (χ0v) is 11.0. The van der Waals surface area contributed by atoms with E-state index >= 15 is 0 Å². The van der Waals surface area contributed by atoms with Crippen molar-refractivity contribution in [1.82, 2.24) is 9.88 Å². The summed E-state index contributed by atoms with van der Waals surface area (Å²) in [5.74, 6) is 1.07. The van der Waals surface area contributed by atoms with E-state index in [4.69, 9.17) is 5.73 Å². The number of aryl methyl sites for hydroxylation is 1. The Hall–Kier alpha value is -1.29. The van der Waals surface area contributed by atoms with E-state index in [0.717, 1.165) is 30.3 Å². The molecule has 0 saturated carbocycles. The molecule has 4 heteroatoms. The molecule has 94 valence electrons. The number of hydrogen-bond acceptors (Lipinski definition) is 4. The SMILES string of the molecule is Cc1nc(N2CCCC2CN(C)C)ccc1N. The lowest BCUT2D eigenvalue weighted by atomic mass is 10.2. The molecule has 1 fully saturated rings. The van der Waals surface area contributed by atoms with Crippen LogP contribution in [0.3, 0.4) is 0 Å². The molecule has 1 aromatic rings. The zero-order valence-electron chi connectivity index (χ0n) is 11.0. The molecule has 0 aromatic carbocycles. The van der Waals surface area contributed by atoms with Crippen molar-refractivity contribution < 1.29 is 0 Å². The fourth-order valence-corrected chi connectivity index (χ4v) is 2.47. The van der Waals surface area contributed by atoms with E-state index in [1.165, 1.54) is 12.8 Å². The lowest BCUT2D eigenvalue weighted by molar-refractivity contribution is 0.371. The highest BCUT2D eigenvalue weighted by Crippen LogP contribution is 2.25. The van der Waals surface area contributed by atoms with Crippen LogP contribution in [0, 0.1) is 6.92 Å². The summed E-state index contributed by atoms with van der Waals surface area (Å²) in [6.07, 6.45) is 2.51. The number of nitrogen functional groups attached to an aromatic ring is 1. The van der Waals surface area contributed by atoms with Crippen LogP contribution in [0.1, 0.15) is 18.5 Å². The van der Waals surface area contributed by atoms with Gasteiger partial charge >= 0.3 is 0 Å². The van der Waals surface area contributed by atoms with Crippen molar-refractivity contribution in [3.63, 3.8) is 0 Å². The topological polar surface area (TPSA) is 45.4 Å². The molecule has 1 unspecified atom stereocenters. The molecule has 1 saturated heterocycles. The van der Waals surface area contributed by atoms with E-state index in [1.807, 2.05) is 19.1 Å². The molecule has 4 nitrogen and oxygen atoms in total. The number of aromatic nitrogens is 1. The molecule has 0 aliphatic carbocycles. The van der Waals surface area contributed by atoms with Gasteiger partial charge in [-0.1, -0.05) is 0 Å². The fraction of sp³-hybridized carbons (Fsp3) is 0.615. The molecule has 1 aliphatic heterocycles. The van der Waals surface area contributed by atoms with Crippen LogP contribution in [0.2, 0.25) is 0 Å². The molecule has 1 atom stereocenters. The van der Waals surface area contributed by atoms with Crippen LogP contribution >= 0.6 is 0 Å². The number of nitrogens with two attached hydrogens (primary N) is 1. The normalized spacial score (nSPS) is 20.2. The maximum Gasteiger partial charge on any atom is 0.129 e. The summed E-state index contributed by atoms with van der Waals surface area (Å²) in [5.41, 5.74) is 7.52. The molecule has 0 amide bonds. The molecule has 0 spiro atoms. The van der Waals surface area contributed by atoms with Crippen molar-refractivity contribution in [2.45, 2.75) is 25.8 Å². The van der Waals surface area contributed by atoms with Gasteiger partial charge in [-0.25, -0.2) is 4.98 Å². The largest absolute Gasteiger partial charge is 0.397 e. The summed E-state index contributed by atoms with van der Waals surface area (Å²) in [4.78, 5) is 9.25. The third-order valence-corrected chi connectivity index (χ3v) is 3.36. The molecule has 2 heterocycles. The van der Waals surface area contributed by atoms with E-state index < -0.39 is 0 Å². The Kier molecular flexibility index (Phi) is 3.52. The predicted molar refractivity (Wildman–Crippen MR) is 72.3 cm³/mol. The Balaban J connectivity index is 2.17. The van der Waals surface area contributed by atoms with Gasteiger partial charge in [-0.05, 0) is 46.0 Å². The van der Waals surface area contributed by atoms with Crippen molar-refractivity contribution in [3.8, 4) is 0 Å². The quantitative estimate of drug-likeness (QED) is 0.861. The summed E-state index contributed by atoms with van der Waals surface area (Å²) >= 11 is 0. The minimum absolute atomic E-state index is 0.584. The summed E-state index contributed by atoms with van der Waals surface area (Å²) < 4.78 is 0. The van der Waals surface area contributed by atoms with E-state index in [0.29, 0.717) is 6.04 Å². The summed E-state index contributed by atoms with van der Waals surface area (Å²) in [6.45, 7) is 4.16. The number of nitrogens with zero attached hydrogens (tertiary/aromatic N) is 3. The van der Waals surface area contributed by atoms with Crippen LogP contribution in [-0.4, -0.2) is 43.1 Å². The minimum Gasteiger partial charge on any atom is -0.397 e. The van der Waals surface area contributed by atoms with Gasteiger partial charge in [0.05, 0.1) is 11.4 Å². The average molecular weight is 234 g/mol. The fourth-order valence-electron chi connectivity index (χ4n) is 2.47. The average Bonchev–Trinajstić information content (AvgIpc) is 2.69. The lowest BCUT2D eigenvalue weighted by Gasteiger charge is -2.28. The molecule has 0 bridgehead atoms. The second-order valence-electron chi connectivity index (χ2n) is 5.10. The number of likely N-dealkylation sites (N-methyl/N-ethyl adjacent to an activating group) is 1. The molecule has 0 radical (unpaired) electrons. The van der Waals surface area contributed by atoms with Crippen LogP contribution in [0.25, 0.3) is 0 Å². The maximum absolute atomic E-state index is 5.81. The van der Waals surface area contributed by atoms with Gasteiger partial charge in [0.2, 0.25) is 0 Å². The Morgan fingerprint density at radius 2 is 2.24 bits per heavy atom. The lowest BCUT2D eigenvalue weighted by Crippen LogP contribution is -2.38. The number of pyridine rings is 1. The van der Waals surface area contributed by atoms with Gasteiger partial charge in [0.1, 0.15) is 5.82 Å². The smallest absolute Gasteiger partial charge is 0.129 e. The van der Waals surface area contributed by atoms with Crippen LogP contribution in [-0.2, 0) is 0 Å². The third-order valence-electron chi connectivity index (χ3n) is 3.36. The van der Waals surface area contributed by atoms with Gasteiger partial charge in [0, 0.05) is 19.1 Å². The van der Waals surface area contributed by atoms with E-state index in [2.05, 4.69) is 28.9 Å². The first kappa shape index (κ1) is 12.2. The first-order valence-corrected chi connectivity index (χ1v) is 6.22. The van der Waals surface area contributed by atoms with Gasteiger partial charge in [-0.3, -0.25) is 0 Å². The van der Waals surface area contributed by atoms with Gasteiger partial charge < -0.3 is 15.5 Å². The van der Waals surface area contributed by atoms with Crippen molar-refractivity contribution >= 4 is 11.5 Å². The number of anilines is 2. The molecular weight excluding hydrogens is 212 g/mol. The minimum atomic E-state index is 0.584. The Labute approximate surface area is 103 Å². The second kappa shape index (κ2) is 4.92. The van der Waals surface area contributed by atoms with Gasteiger partial charge in [0.25, 0.3) is 0 Å². The Bertz CT molecular complexity index is 389. The first-order chi connectivity index (χ1) is 8.08. The molecule has 1 aliphatic rings. The van der Waals surface area contributed by atoms with E-state index in [9.17, 15) is 0 Å². The van der Waals surface area contributed by atoms with Gasteiger partial charge in [-0.15, -0.1) is 0 Å². The van der Waals surface area contributed by atoms with Crippen LogP contribution in [0.4, 0.5) is 11.5 Å². The molecule has 2 rings (SSSR count). The third kappa shape index (κ3) is 2.69. The predicted octanol–water partition coefficient (Wildman–Crippen LogP) is 1.50. The highest BCUT2D eigenvalue weighted by atomic mass is 15.3. The van der Waals surface area contributed by atoms with E-state index in [-0.39, 0.29) is 0 Å². The summed E-state index contributed by atoms with van der Waals surface area (Å²) in [7, 11) is 4.25. The van der Waals surface area contributed by atoms with E-state index in [1.54, 1.807) is 0 Å². The molecule has 1 aromatic heterocycles. The first-order valence-electron chi connectivity index (χ1n) is 6.22. The summed E-state index contributed by atoms with van der Waals surface area (Å²) in [6, 6.07) is 4.58. The van der Waals surface area contributed by atoms with Crippen molar-refractivity contribution in [2.24, 2.45) is 0 Å². The van der Waals surface area contributed by atoms with Crippen LogP contribution in [0.5, 0.6) is 0 Å². The highest BCUT2D eigenvalue weighted by molar-refractivity contribution is 5.51. The van der Waals surface area contributed by atoms with Crippen LogP contribution < -0.4 is 10.6 Å². The molecular formula is C13H22N4. The summed E-state index contributed by atoms with van der Waals surface area (Å²) in [5, 5.41) is 0. The van der Waals surface area contributed by atoms with Crippen molar-refractivity contribution in [3.05, 3.63) is 17.8 Å². The standard InChI is InChI=1S/C13H22N4/c1-10-12(14)6-7-13(15-10)17-8-4-5-11(17)9-16(2)3/h6-7,11H,4-5,8-9,14H2,1-3H3. The van der Waals surface area contributed by atoms with Gasteiger partial charge in [-0.2, -0.15) is 0 Å². The molecule has 2 N–H and O–H groups in total. The second-order valence-corrected chi connectivity index (χ2v) is 5.10. The highest BCUT2D eigenvalue weighted by Gasteiger charge is 2.26. The molecule has 17 heavy (non-hydrogen) atoms. The number of hydrogen-bond donors (Lipinski definition) is 1. The maximum atomic E-state index is 5.81. The van der Waals surface area contributed by atoms with Crippen molar-refractivity contribution in [1.29, 1.82) is 0 Å². The monoisotopic (exact) mass is 234 g/mol.